The molecule has 1 amide bonds. The Morgan fingerprint density at radius 2 is 1.77 bits per heavy atom. The number of carbonyl (C=O) groups excluding carboxylic acids is 1. The standard InChI is InChI=1S/C32H26N10O4S/c1-38-18-34-36-32(38)47-29-11-10-20(12-28(29)42(44)45)31(43)39-13-21(14-39)30-25(33-19-46-30)17-40-15-22(35-37-40)16-41-26-8-4-2-6-23(26)24-7-3-5-9-27(24)41/h2-12,15,18-19,21H,13-14,16-17H2,1H3. The molecule has 1 aliphatic heterocycles. The number of para-hydroxylation sites is 2. The molecule has 0 N–H and O–H groups in total. The number of benzene rings is 3. The van der Waals surface area contributed by atoms with Gasteiger partial charge in [0.05, 0.1) is 35.0 Å². The topological polar surface area (TPSA) is 156 Å². The van der Waals surface area contributed by atoms with Crippen LogP contribution in [0.2, 0.25) is 0 Å². The highest BCUT2D eigenvalue weighted by Gasteiger charge is 2.37. The minimum absolute atomic E-state index is 0.0576. The Morgan fingerprint density at radius 3 is 2.47 bits per heavy atom. The molecule has 5 heterocycles. The van der Waals surface area contributed by atoms with E-state index in [9.17, 15) is 14.9 Å². The van der Waals surface area contributed by atoms with Crippen molar-refractivity contribution >= 4 is 45.2 Å². The summed E-state index contributed by atoms with van der Waals surface area (Å²) in [6.45, 7) is 1.74. The van der Waals surface area contributed by atoms with Crippen LogP contribution in [0.5, 0.6) is 0 Å². The highest BCUT2D eigenvalue weighted by molar-refractivity contribution is 7.99. The number of likely N-dealkylation sites (tertiary alicyclic amines) is 1. The molecule has 4 aromatic heterocycles. The van der Waals surface area contributed by atoms with Crippen LogP contribution in [0, 0.1) is 10.1 Å². The first-order valence-electron chi connectivity index (χ1n) is 14.8. The van der Waals surface area contributed by atoms with Gasteiger partial charge in [-0.2, -0.15) is 0 Å². The van der Waals surface area contributed by atoms with Crippen molar-refractivity contribution in [2.24, 2.45) is 7.05 Å². The zero-order valence-corrected chi connectivity index (χ0v) is 25.8. The lowest BCUT2D eigenvalue weighted by Gasteiger charge is -2.38. The number of nitro groups is 1. The molecule has 0 bridgehead atoms. The number of rotatable bonds is 9. The van der Waals surface area contributed by atoms with Gasteiger partial charge in [-0.05, 0) is 36.0 Å². The fraction of sp³-hybridized carbons (Fsp3) is 0.188. The van der Waals surface area contributed by atoms with E-state index in [1.807, 2.05) is 30.5 Å². The van der Waals surface area contributed by atoms with Crippen LogP contribution < -0.4 is 0 Å². The summed E-state index contributed by atoms with van der Waals surface area (Å²) in [5.74, 6) is 0.347. The molecule has 3 aromatic carbocycles. The minimum Gasteiger partial charge on any atom is -0.448 e. The highest BCUT2D eigenvalue weighted by atomic mass is 32.2. The van der Waals surface area contributed by atoms with Crippen LogP contribution in [0.1, 0.15) is 33.4 Å². The van der Waals surface area contributed by atoms with Crippen LogP contribution in [-0.4, -0.2) is 68.1 Å². The number of aryl methyl sites for hydroxylation is 1. The van der Waals surface area contributed by atoms with Crippen molar-refractivity contribution in [3.63, 3.8) is 0 Å². The maximum absolute atomic E-state index is 13.3. The van der Waals surface area contributed by atoms with Crippen LogP contribution >= 0.6 is 11.8 Å². The average molecular weight is 647 g/mol. The van der Waals surface area contributed by atoms with Gasteiger partial charge < -0.3 is 18.5 Å². The van der Waals surface area contributed by atoms with Gasteiger partial charge in [0.2, 0.25) is 0 Å². The number of hydrogen-bond donors (Lipinski definition) is 0. The zero-order valence-electron chi connectivity index (χ0n) is 25.0. The molecule has 47 heavy (non-hydrogen) atoms. The normalized spacial score (nSPS) is 13.4. The maximum atomic E-state index is 13.3. The van der Waals surface area contributed by atoms with Gasteiger partial charge in [-0.15, -0.1) is 15.3 Å². The third kappa shape index (κ3) is 5.19. The third-order valence-corrected chi connectivity index (χ3v) is 9.50. The van der Waals surface area contributed by atoms with Crippen molar-refractivity contribution in [1.82, 2.24) is 44.2 Å². The third-order valence-electron chi connectivity index (χ3n) is 8.38. The van der Waals surface area contributed by atoms with E-state index in [0.29, 0.717) is 42.0 Å². The molecule has 0 saturated carbocycles. The van der Waals surface area contributed by atoms with Crippen LogP contribution in [0.4, 0.5) is 5.69 Å². The van der Waals surface area contributed by atoms with Crippen molar-refractivity contribution in [1.29, 1.82) is 0 Å². The predicted octanol–water partition coefficient (Wildman–Crippen LogP) is 4.90. The number of amides is 1. The summed E-state index contributed by atoms with van der Waals surface area (Å²) in [6.07, 6.45) is 4.84. The number of nitrogens with zero attached hydrogens (tertiary/aromatic N) is 10. The molecule has 15 heteroatoms. The number of aromatic nitrogens is 8. The molecule has 234 valence electrons. The largest absolute Gasteiger partial charge is 0.448 e. The van der Waals surface area contributed by atoms with Gasteiger partial charge in [0.15, 0.2) is 11.6 Å². The first kappa shape index (κ1) is 28.6. The maximum Gasteiger partial charge on any atom is 0.284 e. The number of nitro benzene ring substituents is 1. The number of carbonyl (C=O) groups is 1. The molecule has 1 fully saturated rings. The van der Waals surface area contributed by atoms with Gasteiger partial charge in [0.25, 0.3) is 11.6 Å². The first-order chi connectivity index (χ1) is 22.9. The summed E-state index contributed by atoms with van der Waals surface area (Å²) in [7, 11) is 1.75. The summed E-state index contributed by atoms with van der Waals surface area (Å²) in [5.41, 5.74) is 3.89. The van der Waals surface area contributed by atoms with E-state index in [2.05, 4.69) is 54.3 Å². The Morgan fingerprint density at radius 1 is 1.02 bits per heavy atom. The van der Waals surface area contributed by atoms with Gasteiger partial charge >= 0.3 is 0 Å². The van der Waals surface area contributed by atoms with Crippen molar-refractivity contribution in [2.75, 3.05) is 13.1 Å². The highest BCUT2D eigenvalue weighted by Crippen LogP contribution is 2.36. The van der Waals surface area contributed by atoms with Gasteiger partial charge in [0, 0.05) is 53.6 Å². The Labute approximate surface area is 270 Å². The molecule has 0 radical (unpaired) electrons. The van der Waals surface area contributed by atoms with E-state index >= 15 is 0 Å². The lowest BCUT2D eigenvalue weighted by molar-refractivity contribution is -0.387. The van der Waals surface area contributed by atoms with Gasteiger partial charge in [-0.3, -0.25) is 14.9 Å². The monoisotopic (exact) mass is 646 g/mol. The molecule has 8 rings (SSSR count). The molecule has 7 aromatic rings. The number of hydrogen-bond acceptors (Lipinski definition) is 10. The van der Waals surface area contributed by atoms with Gasteiger partial charge in [-0.1, -0.05) is 41.6 Å². The van der Waals surface area contributed by atoms with Crippen LogP contribution in [0.15, 0.2) is 100 Å². The smallest absolute Gasteiger partial charge is 0.284 e. The molecular weight excluding hydrogens is 620 g/mol. The second-order valence-corrected chi connectivity index (χ2v) is 12.4. The molecule has 1 saturated heterocycles. The second kappa shape index (κ2) is 11.5. The number of oxazole rings is 1. The van der Waals surface area contributed by atoms with Crippen molar-refractivity contribution in [3.8, 4) is 0 Å². The summed E-state index contributed by atoms with van der Waals surface area (Å²) < 4.78 is 11.4. The Hall–Kier alpha value is -5.83. The van der Waals surface area contributed by atoms with E-state index in [0.717, 1.165) is 34.2 Å². The van der Waals surface area contributed by atoms with E-state index in [4.69, 9.17) is 4.42 Å². The van der Waals surface area contributed by atoms with Crippen molar-refractivity contribution in [2.45, 2.75) is 29.1 Å². The quantitative estimate of drug-likeness (QED) is 0.156. The predicted molar refractivity (Wildman–Crippen MR) is 171 cm³/mol. The summed E-state index contributed by atoms with van der Waals surface area (Å²) in [5, 5.41) is 31.3. The molecule has 0 aliphatic carbocycles. The van der Waals surface area contributed by atoms with Gasteiger partial charge in [0.1, 0.15) is 23.5 Å². The fourth-order valence-electron chi connectivity index (χ4n) is 6.04. The molecule has 0 unspecified atom stereocenters. The van der Waals surface area contributed by atoms with Crippen LogP contribution in [-0.2, 0) is 20.1 Å². The van der Waals surface area contributed by atoms with E-state index < -0.39 is 4.92 Å². The lowest BCUT2D eigenvalue weighted by atomic mass is 9.94. The minimum atomic E-state index is -0.492. The zero-order chi connectivity index (χ0) is 32.1. The Balaban J connectivity index is 0.941. The van der Waals surface area contributed by atoms with Crippen LogP contribution in [0.25, 0.3) is 21.8 Å². The second-order valence-electron chi connectivity index (χ2n) is 11.4. The first-order valence-corrected chi connectivity index (χ1v) is 15.6. The summed E-state index contributed by atoms with van der Waals surface area (Å²) in [6, 6.07) is 21.2. The summed E-state index contributed by atoms with van der Waals surface area (Å²) in [4.78, 5) is 31.1. The van der Waals surface area contributed by atoms with E-state index in [1.165, 1.54) is 29.6 Å². The van der Waals surface area contributed by atoms with Gasteiger partial charge in [-0.25, -0.2) is 9.67 Å². The number of fused-ring (bicyclic) bond motifs is 3. The molecular formula is C32H26N10O4S. The fourth-order valence-corrected chi connectivity index (χ4v) is 6.89. The van der Waals surface area contributed by atoms with E-state index in [-0.39, 0.29) is 23.1 Å². The SMILES string of the molecule is Cn1cnnc1Sc1ccc(C(=O)N2CC(c3ocnc3Cn3cc(Cn4c5ccccc5c5ccccc54)nn3)C2)cc1[N+](=O)[O-]. The Kier molecular flexibility index (Phi) is 7.01. The Bertz CT molecular complexity index is 2240. The molecule has 1 aliphatic rings. The molecule has 0 spiro atoms. The van der Waals surface area contributed by atoms with E-state index in [1.54, 1.807) is 33.3 Å². The summed E-state index contributed by atoms with van der Waals surface area (Å²) >= 11 is 1.12. The van der Waals surface area contributed by atoms with Crippen LogP contribution in [0.3, 0.4) is 0 Å². The molecule has 0 atom stereocenters. The van der Waals surface area contributed by atoms with Crippen molar-refractivity contribution < 1.29 is 14.1 Å². The van der Waals surface area contributed by atoms with Crippen molar-refractivity contribution in [3.05, 3.63) is 118 Å². The molecule has 14 nitrogen and oxygen atoms in total. The lowest BCUT2D eigenvalue weighted by Crippen LogP contribution is -2.48. The average Bonchev–Trinajstić information content (AvgIpc) is 3.86.